The summed E-state index contributed by atoms with van der Waals surface area (Å²) in [5.74, 6) is 0.738. The summed E-state index contributed by atoms with van der Waals surface area (Å²) in [5.41, 5.74) is 0.0690. The minimum Gasteiger partial charge on any atom is -0.497 e. The van der Waals surface area contributed by atoms with Crippen LogP contribution in [0.4, 0.5) is 5.69 Å². The quantitative estimate of drug-likeness (QED) is 0.650. The molecule has 0 aliphatic rings. The molecule has 0 heterocycles. The highest BCUT2D eigenvalue weighted by molar-refractivity contribution is 7.93. The van der Waals surface area contributed by atoms with E-state index in [1.165, 1.54) is 0 Å². The van der Waals surface area contributed by atoms with Crippen LogP contribution >= 0.6 is 0 Å². The maximum atomic E-state index is 12.5. The Balaban J connectivity index is 3.37. The Morgan fingerprint density at radius 1 is 1.33 bits per heavy atom. The molecule has 1 unspecified atom stereocenters. The van der Waals surface area contributed by atoms with E-state index in [2.05, 4.69) is 10.3 Å². The van der Waals surface area contributed by atoms with Crippen LogP contribution in [-0.4, -0.2) is 37.4 Å². The molecule has 1 rings (SSSR count). The van der Waals surface area contributed by atoms with Gasteiger partial charge in [-0.05, 0) is 46.8 Å². The van der Waals surface area contributed by atoms with Crippen LogP contribution in [0.25, 0.3) is 0 Å². The molecule has 1 aromatic rings. The number of hydrogen-bond donors (Lipinski definition) is 1. The van der Waals surface area contributed by atoms with Crippen LogP contribution in [-0.2, 0) is 9.84 Å². The van der Waals surface area contributed by atoms with Gasteiger partial charge < -0.3 is 10.1 Å². The van der Waals surface area contributed by atoms with E-state index in [0.717, 1.165) is 0 Å². The summed E-state index contributed by atoms with van der Waals surface area (Å²) >= 11 is 0. The molecule has 1 N–H and O–H groups in total. The number of sulfone groups is 1. The van der Waals surface area contributed by atoms with Crippen LogP contribution in [0, 0.1) is 11.3 Å². The maximum absolute atomic E-state index is 12.5. The van der Waals surface area contributed by atoms with Crippen LogP contribution in [0.15, 0.2) is 29.3 Å². The number of nitrogens with zero attached hydrogens (tertiary/aromatic N) is 2. The predicted octanol–water partition coefficient (Wildman–Crippen LogP) is 3.02. The van der Waals surface area contributed by atoms with Crippen molar-refractivity contribution in [2.45, 2.75) is 50.7 Å². The zero-order chi connectivity index (χ0) is 18.5. The fourth-order valence-corrected chi connectivity index (χ4v) is 3.04. The van der Waals surface area contributed by atoms with E-state index >= 15 is 0 Å². The van der Waals surface area contributed by atoms with Crippen molar-refractivity contribution in [2.24, 2.45) is 4.99 Å². The van der Waals surface area contributed by atoms with Gasteiger partial charge >= 0.3 is 0 Å². The number of anilines is 1. The molecule has 0 spiro atoms. The largest absolute Gasteiger partial charge is 0.497 e. The monoisotopic (exact) mass is 351 g/mol. The lowest BCUT2D eigenvalue weighted by Gasteiger charge is -2.22. The molecule has 7 heteroatoms. The van der Waals surface area contributed by atoms with Gasteiger partial charge in [-0.1, -0.05) is 6.07 Å². The first-order valence-electron chi connectivity index (χ1n) is 7.64. The fourth-order valence-electron chi connectivity index (χ4n) is 1.92. The molecule has 0 amide bonds. The Labute approximate surface area is 144 Å². The van der Waals surface area contributed by atoms with Gasteiger partial charge in [0.1, 0.15) is 11.6 Å². The highest BCUT2D eigenvalue weighted by Crippen LogP contribution is 2.20. The number of benzene rings is 1. The fraction of sp³-hybridized carbons (Fsp3) is 0.529. The van der Waals surface area contributed by atoms with Gasteiger partial charge in [0.05, 0.1) is 24.0 Å². The molecule has 0 saturated carbocycles. The molecule has 0 aliphatic carbocycles. The van der Waals surface area contributed by atoms with Gasteiger partial charge in [-0.25, -0.2) is 8.42 Å². The number of rotatable bonds is 5. The summed E-state index contributed by atoms with van der Waals surface area (Å²) in [4.78, 5) is 4.44. The summed E-state index contributed by atoms with van der Waals surface area (Å²) in [6.07, 6.45) is 0. The van der Waals surface area contributed by atoms with E-state index in [9.17, 15) is 13.7 Å². The molecule has 0 bridgehead atoms. The van der Waals surface area contributed by atoms with Crippen molar-refractivity contribution in [3.05, 3.63) is 24.3 Å². The Hall–Kier alpha value is -2.07. The van der Waals surface area contributed by atoms with Gasteiger partial charge in [-0.3, -0.25) is 4.99 Å². The second-order valence-corrected chi connectivity index (χ2v) is 9.26. The van der Waals surface area contributed by atoms with Crippen LogP contribution in [0.1, 0.15) is 34.6 Å². The third-order valence-corrected chi connectivity index (χ3v) is 5.45. The average molecular weight is 351 g/mol. The van der Waals surface area contributed by atoms with Crippen LogP contribution < -0.4 is 10.1 Å². The maximum Gasteiger partial charge on any atom is 0.205 e. The van der Waals surface area contributed by atoms with Gasteiger partial charge in [0.2, 0.25) is 5.25 Å². The Kier molecular flexibility index (Phi) is 6.38. The molecule has 132 valence electrons. The van der Waals surface area contributed by atoms with Crippen LogP contribution in [0.2, 0.25) is 0 Å². The number of ether oxygens (including phenoxy) is 1. The molecular weight excluding hydrogens is 326 g/mol. The second-order valence-electron chi connectivity index (χ2n) is 6.67. The molecule has 0 radical (unpaired) electrons. The lowest BCUT2D eigenvalue weighted by molar-refractivity contribution is 0.415. The van der Waals surface area contributed by atoms with Crippen molar-refractivity contribution in [3.63, 3.8) is 0 Å². The van der Waals surface area contributed by atoms with Crippen molar-refractivity contribution in [1.82, 2.24) is 0 Å². The van der Waals surface area contributed by atoms with E-state index in [1.54, 1.807) is 45.2 Å². The van der Waals surface area contributed by atoms with Crippen molar-refractivity contribution >= 4 is 21.4 Å². The van der Waals surface area contributed by atoms with E-state index in [4.69, 9.17) is 4.74 Å². The summed E-state index contributed by atoms with van der Waals surface area (Å²) in [7, 11) is -2.14. The standard InChI is InChI=1S/C17H25N3O3S/c1-12(2)24(21,22)15(11-18)16(20-17(3,4)5)19-13-8-7-9-14(10-13)23-6/h7-10,12,15H,1-6H3,(H,19,20). The summed E-state index contributed by atoms with van der Waals surface area (Å²) in [5, 5.41) is 10.4. The molecule has 0 saturated heterocycles. The molecule has 1 atom stereocenters. The topological polar surface area (TPSA) is 91.5 Å². The molecular formula is C17H25N3O3S. The minimum atomic E-state index is -3.68. The number of aliphatic imine (C=N–C) groups is 1. The van der Waals surface area contributed by atoms with E-state index in [0.29, 0.717) is 11.4 Å². The molecule has 0 aliphatic heterocycles. The zero-order valence-electron chi connectivity index (χ0n) is 15.0. The van der Waals surface area contributed by atoms with Crippen LogP contribution in [0.3, 0.4) is 0 Å². The Bertz CT molecular complexity index is 741. The predicted molar refractivity (Wildman–Crippen MR) is 97.3 cm³/mol. The summed E-state index contributed by atoms with van der Waals surface area (Å²) < 4.78 is 30.2. The molecule has 6 nitrogen and oxygen atoms in total. The van der Waals surface area contributed by atoms with Gasteiger partial charge in [-0.15, -0.1) is 0 Å². The Morgan fingerprint density at radius 2 is 1.96 bits per heavy atom. The van der Waals surface area contributed by atoms with E-state index in [1.807, 2.05) is 26.8 Å². The number of hydrogen-bond acceptors (Lipinski definition) is 5. The minimum absolute atomic E-state index is 0.118. The van der Waals surface area contributed by atoms with E-state index in [-0.39, 0.29) is 5.84 Å². The smallest absolute Gasteiger partial charge is 0.205 e. The third-order valence-electron chi connectivity index (χ3n) is 3.15. The highest BCUT2D eigenvalue weighted by atomic mass is 32.2. The molecule has 24 heavy (non-hydrogen) atoms. The lowest BCUT2D eigenvalue weighted by Crippen LogP contribution is -2.39. The lowest BCUT2D eigenvalue weighted by atomic mass is 10.1. The number of nitrogens with one attached hydrogen (secondary N) is 1. The first-order valence-corrected chi connectivity index (χ1v) is 9.25. The van der Waals surface area contributed by atoms with Gasteiger partial charge in [0.15, 0.2) is 9.84 Å². The summed E-state index contributed by atoms with van der Waals surface area (Å²) in [6.45, 7) is 8.64. The number of nitriles is 1. The molecule has 1 aromatic carbocycles. The summed E-state index contributed by atoms with van der Waals surface area (Å²) in [6, 6.07) is 8.91. The number of amidine groups is 1. The zero-order valence-corrected chi connectivity index (χ0v) is 15.8. The Morgan fingerprint density at radius 3 is 2.42 bits per heavy atom. The SMILES string of the molecule is COc1cccc(NC(=NC(C)(C)C)C(C#N)S(=O)(=O)C(C)C)c1. The molecule has 0 fully saturated rings. The van der Waals surface area contributed by atoms with Crippen molar-refractivity contribution < 1.29 is 13.2 Å². The highest BCUT2D eigenvalue weighted by Gasteiger charge is 2.34. The van der Waals surface area contributed by atoms with Crippen molar-refractivity contribution in [3.8, 4) is 11.8 Å². The van der Waals surface area contributed by atoms with Crippen molar-refractivity contribution in [2.75, 3.05) is 12.4 Å². The van der Waals surface area contributed by atoms with E-state index < -0.39 is 25.9 Å². The average Bonchev–Trinajstić information content (AvgIpc) is 2.46. The first kappa shape index (κ1) is 20.0. The van der Waals surface area contributed by atoms with Gasteiger partial charge in [-0.2, -0.15) is 5.26 Å². The van der Waals surface area contributed by atoms with Crippen molar-refractivity contribution in [1.29, 1.82) is 5.26 Å². The first-order chi connectivity index (χ1) is 11.0. The van der Waals surface area contributed by atoms with Gasteiger partial charge in [0.25, 0.3) is 0 Å². The second kappa shape index (κ2) is 7.67. The number of methoxy groups -OCH3 is 1. The normalized spacial score (nSPS) is 14.2. The molecule has 0 aromatic heterocycles. The van der Waals surface area contributed by atoms with Crippen LogP contribution in [0.5, 0.6) is 5.75 Å². The van der Waals surface area contributed by atoms with Gasteiger partial charge in [0, 0.05) is 11.8 Å². The third kappa shape index (κ3) is 5.24.